The molecule has 0 aromatic heterocycles. The summed E-state index contributed by atoms with van der Waals surface area (Å²) < 4.78 is 0. The van der Waals surface area contributed by atoms with Gasteiger partial charge in [-0.05, 0) is 31.0 Å². The van der Waals surface area contributed by atoms with Gasteiger partial charge in [-0.1, -0.05) is 26.7 Å². The Labute approximate surface area is 73.3 Å². The summed E-state index contributed by atoms with van der Waals surface area (Å²) in [5, 5.41) is 0. The molecule has 0 heterocycles. The third-order valence-corrected chi connectivity index (χ3v) is 3.15. The molecule has 1 aliphatic rings. The van der Waals surface area contributed by atoms with E-state index < -0.39 is 0 Å². The summed E-state index contributed by atoms with van der Waals surface area (Å²) in [6.07, 6.45) is 5.52. The summed E-state index contributed by atoms with van der Waals surface area (Å²) in [6.45, 7) is 4.88. The van der Waals surface area contributed by atoms with Crippen molar-refractivity contribution in [2.75, 3.05) is 6.54 Å². The SMILES string of the molecule is CC.NC[C@H]1CCCC[C@@H]1P. The molecule has 1 saturated carbocycles. The minimum atomic E-state index is 0.795. The van der Waals surface area contributed by atoms with Crippen LogP contribution in [0.1, 0.15) is 39.5 Å². The van der Waals surface area contributed by atoms with E-state index in [4.69, 9.17) is 5.73 Å². The minimum absolute atomic E-state index is 0.795. The lowest BCUT2D eigenvalue weighted by Crippen LogP contribution is -2.26. The van der Waals surface area contributed by atoms with Crippen LogP contribution in [0.5, 0.6) is 0 Å². The summed E-state index contributed by atoms with van der Waals surface area (Å²) in [5.74, 6) is 0.795. The Bertz CT molecular complexity index is 85.6. The predicted octanol–water partition coefficient (Wildman–Crippen LogP) is 2.41. The van der Waals surface area contributed by atoms with Crippen molar-refractivity contribution in [3.8, 4) is 0 Å². The maximum absolute atomic E-state index is 5.58. The molecule has 68 valence electrons. The molecule has 0 saturated heterocycles. The molecule has 0 spiro atoms. The quantitative estimate of drug-likeness (QED) is 0.608. The van der Waals surface area contributed by atoms with Crippen LogP contribution in [0.2, 0.25) is 0 Å². The lowest BCUT2D eigenvalue weighted by atomic mass is 9.89. The molecule has 0 radical (unpaired) electrons. The fraction of sp³-hybridized carbons (Fsp3) is 1.00. The molecule has 11 heavy (non-hydrogen) atoms. The van der Waals surface area contributed by atoms with Crippen molar-refractivity contribution >= 4 is 9.24 Å². The Morgan fingerprint density at radius 3 is 2.18 bits per heavy atom. The zero-order valence-corrected chi connectivity index (χ0v) is 9.00. The van der Waals surface area contributed by atoms with Crippen LogP contribution in [-0.4, -0.2) is 12.2 Å². The van der Waals surface area contributed by atoms with Gasteiger partial charge in [0.05, 0.1) is 0 Å². The van der Waals surface area contributed by atoms with Gasteiger partial charge >= 0.3 is 0 Å². The van der Waals surface area contributed by atoms with Crippen molar-refractivity contribution in [2.45, 2.75) is 45.2 Å². The average molecular weight is 175 g/mol. The van der Waals surface area contributed by atoms with Crippen LogP contribution in [-0.2, 0) is 0 Å². The van der Waals surface area contributed by atoms with Gasteiger partial charge in [0, 0.05) is 0 Å². The summed E-state index contributed by atoms with van der Waals surface area (Å²) >= 11 is 0. The van der Waals surface area contributed by atoms with E-state index in [0.29, 0.717) is 0 Å². The highest BCUT2D eigenvalue weighted by Crippen LogP contribution is 2.28. The van der Waals surface area contributed by atoms with Crippen LogP contribution in [0.15, 0.2) is 0 Å². The van der Waals surface area contributed by atoms with E-state index in [1.165, 1.54) is 25.7 Å². The Morgan fingerprint density at radius 1 is 1.27 bits per heavy atom. The Balaban J connectivity index is 0.000000461. The first-order chi connectivity index (χ1) is 5.34. The van der Waals surface area contributed by atoms with Crippen molar-refractivity contribution in [2.24, 2.45) is 11.7 Å². The second kappa shape index (κ2) is 7.06. The maximum atomic E-state index is 5.58. The monoisotopic (exact) mass is 175 g/mol. The van der Waals surface area contributed by atoms with Crippen molar-refractivity contribution in [1.29, 1.82) is 0 Å². The van der Waals surface area contributed by atoms with E-state index in [1.54, 1.807) is 0 Å². The number of nitrogens with two attached hydrogens (primary N) is 1. The molecule has 1 fully saturated rings. The highest BCUT2D eigenvalue weighted by molar-refractivity contribution is 7.17. The molecule has 3 atom stereocenters. The highest BCUT2D eigenvalue weighted by atomic mass is 31.0. The van der Waals surface area contributed by atoms with Gasteiger partial charge in [-0.2, -0.15) is 0 Å². The van der Waals surface area contributed by atoms with Crippen molar-refractivity contribution in [1.82, 2.24) is 0 Å². The van der Waals surface area contributed by atoms with Gasteiger partial charge in [0.15, 0.2) is 0 Å². The van der Waals surface area contributed by atoms with Gasteiger partial charge in [-0.25, -0.2) is 0 Å². The van der Waals surface area contributed by atoms with Crippen molar-refractivity contribution in [3.05, 3.63) is 0 Å². The second-order valence-electron chi connectivity index (χ2n) is 2.94. The standard InChI is InChI=1S/C7H16NP.C2H6/c8-5-6-3-1-2-4-7(6)9;1-2/h6-7H,1-5,8-9H2;1-2H3/t6-,7+;/m1./s1. The van der Waals surface area contributed by atoms with Crippen LogP contribution < -0.4 is 5.73 Å². The summed E-state index contributed by atoms with van der Waals surface area (Å²) in [5.41, 5.74) is 6.39. The smallest absolute Gasteiger partial charge is 0.00430 e. The zero-order chi connectivity index (χ0) is 8.69. The highest BCUT2D eigenvalue weighted by Gasteiger charge is 2.19. The Kier molecular flexibility index (Phi) is 7.31. The first-order valence-electron chi connectivity index (χ1n) is 4.80. The van der Waals surface area contributed by atoms with Gasteiger partial charge in [0.1, 0.15) is 0 Å². The lowest BCUT2D eigenvalue weighted by molar-refractivity contribution is 0.378. The van der Waals surface area contributed by atoms with E-state index in [9.17, 15) is 0 Å². The van der Waals surface area contributed by atoms with Gasteiger partial charge in [0.25, 0.3) is 0 Å². The predicted molar refractivity (Wildman–Crippen MR) is 55.9 cm³/mol. The molecule has 2 N–H and O–H groups in total. The van der Waals surface area contributed by atoms with E-state index in [2.05, 4.69) is 9.24 Å². The number of hydrogen-bond donors (Lipinski definition) is 1. The minimum Gasteiger partial charge on any atom is -0.330 e. The maximum Gasteiger partial charge on any atom is -0.00430 e. The van der Waals surface area contributed by atoms with Gasteiger partial charge < -0.3 is 5.73 Å². The lowest BCUT2D eigenvalue weighted by Gasteiger charge is -2.26. The molecule has 1 rings (SSSR count). The van der Waals surface area contributed by atoms with Crippen LogP contribution in [0, 0.1) is 5.92 Å². The van der Waals surface area contributed by atoms with Crippen LogP contribution >= 0.6 is 9.24 Å². The molecule has 2 heteroatoms. The molecule has 0 bridgehead atoms. The average Bonchev–Trinajstić information content (AvgIpc) is 2.09. The van der Waals surface area contributed by atoms with E-state index in [-0.39, 0.29) is 0 Å². The molecular weight excluding hydrogens is 153 g/mol. The third kappa shape index (κ3) is 4.08. The molecule has 0 aromatic carbocycles. The normalized spacial score (nSPS) is 30.5. The fourth-order valence-corrected chi connectivity index (χ4v) is 2.11. The number of rotatable bonds is 1. The fourth-order valence-electron chi connectivity index (χ4n) is 1.53. The molecule has 1 unspecified atom stereocenters. The molecule has 0 aliphatic heterocycles. The topological polar surface area (TPSA) is 26.0 Å². The molecule has 1 aliphatic carbocycles. The molecule has 0 amide bonds. The second-order valence-corrected chi connectivity index (χ2v) is 3.80. The summed E-state index contributed by atoms with van der Waals surface area (Å²) in [4.78, 5) is 0. The molecule has 1 nitrogen and oxygen atoms in total. The largest absolute Gasteiger partial charge is 0.330 e. The van der Waals surface area contributed by atoms with Gasteiger partial charge in [-0.3, -0.25) is 0 Å². The Hall–Kier alpha value is 0.390. The molecular formula is C9H22NP. The van der Waals surface area contributed by atoms with Crippen molar-refractivity contribution < 1.29 is 0 Å². The molecule has 0 aromatic rings. The Morgan fingerprint density at radius 2 is 1.82 bits per heavy atom. The van der Waals surface area contributed by atoms with E-state index in [0.717, 1.165) is 18.1 Å². The van der Waals surface area contributed by atoms with E-state index >= 15 is 0 Å². The summed E-state index contributed by atoms with van der Waals surface area (Å²) in [6, 6.07) is 0. The van der Waals surface area contributed by atoms with Crippen LogP contribution in [0.25, 0.3) is 0 Å². The first-order valence-corrected chi connectivity index (χ1v) is 5.47. The van der Waals surface area contributed by atoms with Crippen molar-refractivity contribution in [3.63, 3.8) is 0 Å². The van der Waals surface area contributed by atoms with Gasteiger partial charge in [0.2, 0.25) is 0 Å². The summed E-state index contributed by atoms with van der Waals surface area (Å²) in [7, 11) is 2.91. The zero-order valence-electron chi connectivity index (χ0n) is 7.84. The number of hydrogen-bond acceptors (Lipinski definition) is 1. The van der Waals surface area contributed by atoms with Crippen LogP contribution in [0.3, 0.4) is 0 Å². The van der Waals surface area contributed by atoms with E-state index in [1.807, 2.05) is 13.8 Å². The van der Waals surface area contributed by atoms with Gasteiger partial charge in [-0.15, -0.1) is 9.24 Å². The first kappa shape index (κ1) is 11.4. The van der Waals surface area contributed by atoms with Crippen LogP contribution in [0.4, 0.5) is 0 Å². The third-order valence-electron chi connectivity index (χ3n) is 2.27.